The third kappa shape index (κ3) is 5.52. The zero-order valence-electron chi connectivity index (χ0n) is 15.2. The summed E-state index contributed by atoms with van der Waals surface area (Å²) < 4.78 is 0. The molecule has 0 atom stereocenters. The smallest absolute Gasteiger partial charge is 0.191 e. The zero-order valence-corrected chi connectivity index (χ0v) is 15.2. The number of piperidine rings is 1. The van der Waals surface area contributed by atoms with Crippen molar-refractivity contribution in [2.75, 3.05) is 26.7 Å². The monoisotopic (exact) mass is 328 g/mol. The SMILES string of the molecule is CN=C(NCc1ccc(CN2CCC(C)CC2)cc1)NCC1CC1. The minimum Gasteiger partial charge on any atom is -0.356 e. The van der Waals surface area contributed by atoms with Crippen molar-refractivity contribution in [3.8, 4) is 0 Å². The molecule has 2 aliphatic rings. The van der Waals surface area contributed by atoms with Crippen molar-refractivity contribution in [1.29, 1.82) is 0 Å². The van der Waals surface area contributed by atoms with E-state index in [0.29, 0.717) is 0 Å². The van der Waals surface area contributed by atoms with Crippen LogP contribution in [0.3, 0.4) is 0 Å². The highest BCUT2D eigenvalue weighted by molar-refractivity contribution is 5.79. The minimum atomic E-state index is 0.825. The molecule has 0 spiro atoms. The van der Waals surface area contributed by atoms with Gasteiger partial charge in [-0.05, 0) is 61.7 Å². The lowest BCUT2D eigenvalue weighted by atomic mass is 9.99. The molecule has 0 radical (unpaired) electrons. The lowest BCUT2D eigenvalue weighted by Crippen LogP contribution is -2.37. The summed E-state index contributed by atoms with van der Waals surface area (Å²) in [4.78, 5) is 6.87. The molecule has 3 rings (SSSR count). The molecule has 1 aromatic rings. The van der Waals surface area contributed by atoms with Crippen molar-refractivity contribution >= 4 is 5.96 Å². The minimum absolute atomic E-state index is 0.825. The Morgan fingerprint density at radius 2 is 1.71 bits per heavy atom. The van der Waals surface area contributed by atoms with Crippen LogP contribution in [0.5, 0.6) is 0 Å². The van der Waals surface area contributed by atoms with Crippen molar-refractivity contribution in [1.82, 2.24) is 15.5 Å². The molecule has 1 aliphatic heterocycles. The summed E-state index contributed by atoms with van der Waals surface area (Å²) >= 11 is 0. The van der Waals surface area contributed by atoms with Crippen LogP contribution >= 0.6 is 0 Å². The first kappa shape index (κ1) is 17.3. The van der Waals surface area contributed by atoms with E-state index in [1.165, 1.54) is 49.9 Å². The quantitative estimate of drug-likeness (QED) is 0.623. The molecular weight excluding hydrogens is 296 g/mol. The molecule has 4 heteroatoms. The summed E-state index contributed by atoms with van der Waals surface area (Å²) in [5.41, 5.74) is 2.73. The van der Waals surface area contributed by atoms with E-state index in [1.807, 2.05) is 7.05 Å². The number of nitrogens with one attached hydrogen (secondary N) is 2. The first-order chi connectivity index (χ1) is 11.7. The predicted octanol–water partition coefficient (Wildman–Crippen LogP) is 2.99. The summed E-state index contributed by atoms with van der Waals surface area (Å²) in [7, 11) is 1.84. The summed E-state index contributed by atoms with van der Waals surface area (Å²) in [6, 6.07) is 9.02. The Hall–Kier alpha value is -1.55. The molecule has 4 nitrogen and oxygen atoms in total. The van der Waals surface area contributed by atoms with Gasteiger partial charge in [0.1, 0.15) is 0 Å². The number of benzene rings is 1. The Balaban J connectivity index is 1.42. The van der Waals surface area contributed by atoms with Crippen LogP contribution in [0, 0.1) is 11.8 Å². The normalized spacial score (nSPS) is 20.2. The van der Waals surface area contributed by atoms with E-state index in [4.69, 9.17) is 0 Å². The Kier molecular flexibility index (Phi) is 6.13. The largest absolute Gasteiger partial charge is 0.356 e. The maximum atomic E-state index is 4.29. The summed E-state index contributed by atoms with van der Waals surface area (Å²) in [6.45, 7) is 7.82. The molecule has 132 valence electrons. The van der Waals surface area contributed by atoms with Gasteiger partial charge in [0, 0.05) is 26.7 Å². The van der Waals surface area contributed by atoms with Crippen LogP contribution in [0.4, 0.5) is 0 Å². The van der Waals surface area contributed by atoms with Crippen molar-refractivity contribution < 1.29 is 0 Å². The Bertz CT molecular complexity index is 525. The highest BCUT2D eigenvalue weighted by Gasteiger charge is 2.21. The molecule has 1 saturated heterocycles. The molecule has 1 saturated carbocycles. The average Bonchev–Trinajstić information content (AvgIpc) is 3.43. The van der Waals surface area contributed by atoms with Gasteiger partial charge >= 0.3 is 0 Å². The van der Waals surface area contributed by atoms with Crippen LogP contribution < -0.4 is 10.6 Å². The Morgan fingerprint density at radius 3 is 2.33 bits per heavy atom. The van der Waals surface area contributed by atoms with Gasteiger partial charge in [0.05, 0.1) is 0 Å². The van der Waals surface area contributed by atoms with E-state index in [-0.39, 0.29) is 0 Å². The van der Waals surface area contributed by atoms with Gasteiger partial charge in [0.25, 0.3) is 0 Å². The van der Waals surface area contributed by atoms with E-state index in [9.17, 15) is 0 Å². The second-order valence-corrected chi connectivity index (χ2v) is 7.53. The predicted molar refractivity (Wildman–Crippen MR) is 101 cm³/mol. The number of likely N-dealkylation sites (tertiary alicyclic amines) is 1. The van der Waals surface area contributed by atoms with E-state index in [1.54, 1.807) is 0 Å². The molecule has 0 amide bonds. The highest BCUT2D eigenvalue weighted by atomic mass is 15.2. The Labute approximate surface area is 146 Å². The maximum absolute atomic E-state index is 4.29. The van der Waals surface area contributed by atoms with Crippen molar-refractivity contribution in [2.45, 2.75) is 45.7 Å². The number of aliphatic imine (C=N–C) groups is 1. The van der Waals surface area contributed by atoms with Gasteiger partial charge in [-0.15, -0.1) is 0 Å². The third-order valence-electron chi connectivity index (χ3n) is 5.24. The Morgan fingerprint density at radius 1 is 1.04 bits per heavy atom. The third-order valence-corrected chi connectivity index (χ3v) is 5.24. The molecule has 1 aromatic carbocycles. The molecule has 1 heterocycles. The molecular formula is C20H32N4. The molecule has 0 aromatic heterocycles. The van der Waals surface area contributed by atoms with E-state index >= 15 is 0 Å². The lowest BCUT2D eigenvalue weighted by molar-refractivity contribution is 0.185. The number of hydrogen-bond donors (Lipinski definition) is 2. The van der Waals surface area contributed by atoms with Gasteiger partial charge in [-0.1, -0.05) is 31.2 Å². The van der Waals surface area contributed by atoms with Crippen molar-refractivity contribution in [3.63, 3.8) is 0 Å². The number of hydrogen-bond acceptors (Lipinski definition) is 2. The second kappa shape index (κ2) is 8.52. The number of nitrogens with zero attached hydrogens (tertiary/aromatic N) is 2. The van der Waals surface area contributed by atoms with Gasteiger partial charge in [-0.3, -0.25) is 9.89 Å². The molecule has 1 aliphatic carbocycles. The van der Waals surface area contributed by atoms with Crippen LogP contribution in [0.25, 0.3) is 0 Å². The fraction of sp³-hybridized carbons (Fsp3) is 0.650. The molecule has 2 fully saturated rings. The molecule has 24 heavy (non-hydrogen) atoms. The summed E-state index contributed by atoms with van der Waals surface area (Å²) in [5, 5.41) is 6.81. The van der Waals surface area contributed by atoms with Gasteiger partial charge in [0.2, 0.25) is 0 Å². The van der Waals surface area contributed by atoms with Gasteiger partial charge < -0.3 is 10.6 Å². The molecule has 0 unspecified atom stereocenters. The van der Waals surface area contributed by atoms with E-state index in [2.05, 4.69) is 51.7 Å². The van der Waals surface area contributed by atoms with Crippen LogP contribution in [-0.2, 0) is 13.1 Å². The summed E-state index contributed by atoms with van der Waals surface area (Å²) in [6.07, 6.45) is 5.41. The van der Waals surface area contributed by atoms with E-state index in [0.717, 1.165) is 37.4 Å². The first-order valence-electron chi connectivity index (χ1n) is 9.47. The number of rotatable bonds is 6. The highest BCUT2D eigenvalue weighted by Crippen LogP contribution is 2.27. The fourth-order valence-electron chi connectivity index (χ4n) is 3.21. The van der Waals surface area contributed by atoms with Gasteiger partial charge in [-0.25, -0.2) is 0 Å². The van der Waals surface area contributed by atoms with Crippen molar-refractivity contribution in [2.24, 2.45) is 16.8 Å². The van der Waals surface area contributed by atoms with E-state index < -0.39 is 0 Å². The fourth-order valence-corrected chi connectivity index (χ4v) is 3.21. The van der Waals surface area contributed by atoms with Crippen LogP contribution in [0.15, 0.2) is 29.3 Å². The van der Waals surface area contributed by atoms with Crippen molar-refractivity contribution in [3.05, 3.63) is 35.4 Å². The number of guanidine groups is 1. The van der Waals surface area contributed by atoms with Crippen LogP contribution in [-0.4, -0.2) is 37.5 Å². The first-order valence-corrected chi connectivity index (χ1v) is 9.47. The maximum Gasteiger partial charge on any atom is 0.191 e. The zero-order chi connectivity index (χ0) is 16.8. The topological polar surface area (TPSA) is 39.7 Å². The molecule has 0 bridgehead atoms. The average molecular weight is 329 g/mol. The van der Waals surface area contributed by atoms with Crippen LogP contribution in [0.2, 0.25) is 0 Å². The van der Waals surface area contributed by atoms with Gasteiger partial charge in [-0.2, -0.15) is 0 Å². The lowest BCUT2D eigenvalue weighted by Gasteiger charge is -2.30. The second-order valence-electron chi connectivity index (χ2n) is 7.53. The molecule has 2 N–H and O–H groups in total. The standard InChI is InChI=1S/C20H32N4/c1-16-9-11-24(12-10-16)15-19-7-5-18(6-8-19)14-23-20(21-2)22-13-17-3-4-17/h5-8,16-17H,3-4,9-15H2,1-2H3,(H2,21,22,23). The van der Waals surface area contributed by atoms with Crippen LogP contribution in [0.1, 0.15) is 43.7 Å². The van der Waals surface area contributed by atoms with Gasteiger partial charge in [0.15, 0.2) is 5.96 Å². The summed E-state index contributed by atoms with van der Waals surface area (Å²) in [5.74, 6) is 2.67.